The van der Waals surface area contributed by atoms with Gasteiger partial charge < -0.3 is 4.74 Å². The van der Waals surface area contributed by atoms with Gasteiger partial charge in [0, 0.05) is 22.6 Å². The third-order valence-electron chi connectivity index (χ3n) is 3.99. The SMILES string of the molecule is C[C@@H]1CC(c2ccc3cc(C=O)ccc3n2)C[C@@H](C)O1. The van der Waals surface area contributed by atoms with Gasteiger partial charge in [0.1, 0.15) is 6.29 Å². The molecule has 20 heavy (non-hydrogen) atoms. The third-order valence-corrected chi connectivity index (χ3v) is 3.99. The molecule has 104 valence electrons. The van der Waals surface area contributed by atoms with E-state index in [1.54, 1.807) is 0 Å². The van der Waals surface area contributed by atoms with Crippen molar-refractivity contribution in [3.8, 4) is 0 Å². The van der Waals surface area contributed by atoms with E-state index in [1.165, 1.54) is 0 Å². The Morgan fingerprint density at radius 1 is 1.15 bits per heavy atom. The Morgan fingerprint density at radius 3 is 2.60 bits per heavy atom. The lowest BCUT2D eigenvalue weighted by molar-refractivity contribution is -0.0385. The molecule has 0 saturated carbocycles. The number of rotatable bonds is 2. The van der Waals surface area contributed by atoms with Gasteiger partial charge in [-0.15, -0.1) is 0 Å². The van der Waals surface area contributed by atoms with Gasteiger partial charge in [0.05, 0.1) is 17.7 Å². The topological polar surface area (TPSA) is 39.2 Å². The molecule has 1 aliphatic rings. The molecule has 3 heteroatoms. The van der Waals surface area contributed by atoms with E-state index in [-0.39, 0.29) is 0 Å². The summed E-state index contributed by atoms with van der Waals surface area (Å²) in [4.78, 5) is 15.6. The number of hydrogen-bond acceptors (Lipinski definition) is 3. The highest BCUT2D eigenvalue weighted by molar-refractivity contribution is 5.86. The lowest BCUT2D eigenvalue weighted by Crippen LogP contribution is -2.28. The molecule has 1 saturated heterocycles. The van der Waals surface area contributed by atoms with E-state index in [2.05, 4.69) is 26.0 Å². The van der Waals surface area contributed by atoms with Crippen molar-refractivity contribution in [2.45, 2.75) is 44.8 Å². The lowest BCUT2D eigenvalue weighted by atomic mass is 9.89. The maximum absolute atomic E-state index is 10.8. The molecule has 0 spiro atoms. The van der Waals surface area contributed by atoms with Crippen LogP contribution in [0.5, 0.6) is 0 Å². The number of aldehydes is 1. The average Bonchev–Trinajstić information content (AvgIpc) is 2.45. The Hall–Kier alpha value is -1.74. The van der Waals surface area contributed by atoms with E-state index in [4.69, 9.17) is 9.72 Å². The first-order valence-corrected chi connectivity index (χ1v) is 7.17. The predicted octanol–water partition coefficient (Wildman–Crippen LogP) is 3.72. The minimum Gasteiger partial charge on any atom is -0.376 e. The summed E-state index contributed by atoms with van der Waals surface area (Å²) < 4.78 is 5.79. The van der Waals surface area contributed by atoms with Crippen LogP contribution in [0, 0.1) is 0 Å². The number of nitrogens with zero attached hydrogens (tertiary/aromatic N) is 1. The summed E-state index contributed by atoms with van der Waals surface area (Å²) >= 11 is 0. The number of hydrogen-bond donors (Lipinski definition) is 0. The van der Waals surface area contributed by atoms with Crippen molar-refractivity contribution < 1.29 is 9.53 Å². The van der Waals surface area contributed by atoms with Crippen LogP contribution >= 0.6 is 0 Å². The third kappa shape index (κ3) is 2.59. The zero-order valence-electron chi connectivity index (χ0n) is 11.9. The molecular weight excluding hydrogens is 250 g/mol. The van der Waals surface area contributed by atoms with Crippen LogP contribution in [0.15, 0.2) is 30.3 Å². The van der Waals surface area contributed by atoms with Gasteiger partial charge in [-0.2, -0.15) is 0 Å². The van der Waals surface area contributed by atoms with Gasteiger partial charge in [0.25, 0.3) is 0 Å². The Balaban J connectivity index is 1.94. The van der Waals surface area contributed by atoms with E-state index in [0.717, 1.165) is 35.7 Å². The van der Waals surface area contributed by atoms with E-state index in [1.807, 2.05) is 18.2 Å². The van der Waals surface area contributed by atoms with Crippen molar-refractivity contribution in [1.29, 1.82) is 0 Å². The molecule has 0 unspecified atom stereocenters. The number of pyridine rings is 1. The van der Waals surface area contributed by atoms with Crippen molar-refractivity contribution in [1.82, 2.24) is 4.98 Å². The summed E-state index contributed by atoms with van der Waals surface area (Å²) in [7, 11) is 0. The summed E-state index contributed by atoms with van der Waals surface area (Å²) in [5.74, 6) is 0.462. The van der Waals surface area contributed by atoms with Crippen LogP contribution in [-0.4, -0.2) is 23.5 Å². The van der Waals surface area contributed by atoms with Crippen molar-refractivity contribution in [2.24, 2.45) is 0 Å². The lowest BCUT2D eigenvalue weighted by Gasteiger charge is -2.31. The number of fused-ring (bicyclic) bond motifs is 1. The summed E-state index contributed by atoms with van der Waals surface area (Å²) in [5.41, 5.74) is 2.79. The van der Waals surface area contributed by atoms with Gasteiger partial charge in [-0.05, 0) is 51.0 Å². The molecule has 0 N–H and O–H groups in total. The highest BCUT2D eigenvalue weighted by Crippen LogP contribution is 2.32. The first-order valence-electron chi connectivity index (χ1n) is 7.17. The number of ether oxygens (including phenoxy) is 1. The number of aromatic nitrogens is 1. The van der Waals surface area contributed by atoms with Crippen molar-refractivity contribution >= 4 is 17.2 Å². The fraction of sp³-hybridized carbons (Fsp3) is 0.412. The van der Waals surface area contributed by atoms with E-state index in [9.17, 15) is 4.79 Å². The van der Waals surface area contributed by atoms with Gasteiger partial charge in [0.2, 0.25) is 0 Å². The normalized spacial score (nSPS) is 26.6. The van der Waals surface area contributed by atoms with Crippen LogP contribution in [0.3, 0.4) is 0 Å². The maximum Gasteiger partial charge on any atom is 0.150 e. The van der Waals surface area contributed by atoms with Gasteiger partial charge in [-0.25, -0.2) is 0 Å². The zero-order chi connectivity index (χ0) is 14.1. The fourth-order valence-electron chi connectivity index (χ4n) is 3.11. The first-order chi connectivity index (χ1) is 9.65. The number of carbonyl (C=O) groups excluding carboxylic acids is 1. The van der Waals surface area contributed by atoms with E-state index >= 15 is 0 Å². The minimum absolute atomic E-state index is 0.290. The minimum atomic E-state index is 0.290. The summed E-state index contributed by atoms with van der Waals surface area (Å²) in [6.45, 7) is 4.25. The van der Waals surface area contributed by atoms with Crippen LogP contribution in [0.4, 0.5) is 0 Å². The van der Waals surface area contributed by atoms with Crippen molar-refractivity contribution in [2.75, 3.05) is 0 Å². The highest BCUT2D eigenvalue weighted by atomic mass is 16.5. The van der Waals surface area contributed by atoms with E-state index < -0.39 is 0 Å². The van der Waals surface area contributed by atoms with Gasteiger partial charge in [-0.3, -0.25) is 9.78 Å². The second-order valence-electron chi connectivity index (χ2n) is 5.73. The van der Waals surface area contributed by atoms with Crippen molar-refractivity contribution in [3.05, 3.63) is 41.6 Å². The zero-order valence-corrected chi connectivity index (χ0v) is 11.9. The van der Waals surface area contributed by atoms with Gasteiger partial charge >= 0.3 is 0 Å². The Kier molecular flexibility index (Phi) is 3.53. The van der Waals surface area contributed by atoms with Crippen molar-refractivity contribution in [3.63, 3.8) is 0 Å². The molecule has 1 aromatic carbocycles. The predicted molar refractivity (Wildman–Crippen MR) is 79.1 cm³/mol. The monoisotopic (exact) mass is 269 g/mol. The Bertz CT molecular complexity index is 628. The molecule has 0 radical (unpaired) electrons. The van der Waals surface area contributed by atoms with Crippen LogP contribution < -0.4 is 0 Å². The molecule has 3 nitrogen and oxygen atoms in total. The molecule has 1 fully saturated rings. The maximum atomic E-state index is 10.8. The molecule has 3 rings (SSSR count). The van der Waals surface area contributed by atoms with Crippen LogP contribution in [-0.2, 0) is 4.74 Å². The molecule has 2 aromatic rings. The molecular formula is C17H19NO2. The molecule has 2 atom stereocenters. The smallest absolute Gasteiger partial charge is 0.150 e. The number of benzene rings is 1. The van der Waals surface area contributed by atoms with E-state index in [0.29, 0.717) is 23.7 Å². The fourth-order valence-corrected chi connectivity index (χ4v) is 3.11. The molecule has 0 aliphatic carbocycles. The summed E-state index contributed by atoms with van der Waals surface area (Å²) in [6.07, 6.45) is 3.50. The summed E-state index contributed by atoms with van der Waals surface area (Å²) in [5, 5.41) is 1.02. The average molecular weight is 269 g/mol. The second-order valence-corrected chi connectivity index (χ2v) is 5.73. The Labute approximate surface area is 119 Å². The Morgan fingerprint density at radius 2 is 1.90 bits per heavy atom. The van der Waals surface area contributed by atoms with Crippen LogP contribution in [0.2, 0.25) is 0 Å². The molecule has 1 aliphatic heterocycles. The molecule has 2 heterocycles. The first kappa shape index (κ1) is 13.3. The molecule has 0 bridgehead atoms. The standard InChI is InChI=1S/C17H19NO2/c1-11-7-15(8-12(2)20-11)17-6-4-14-9-13(10-19)3-5-16(14)18-17/h3-6,9-12,15H,7-8H2,1-2H3/t11-,12-/m1/s1. The molecule has 1 aromatic heterocycles. The van der Waals surface area contributed by atoms with Gasteiger partial charge in [-0.1, -0.05) is 6.07 Å². The quantitative estimate of drug-likeness (QED) is 0.780. The largest absolute Gasteiger partial charge is 0.376 e. The van der Waals surface area contributed by atoms with Crippen LogP contribution in [0.25, 0.3) is 10.9 Å². The van der Waals surface area contributed by atoms with Gasteiger partial charge in [0.15, 0.2) is 0 Å². The summed E-state index contributed by atoms with van der Waals surface area (Å²) in [6, 6.07) is 9.78. The highest BCUT2D eigenvalue weighted by Gasteiger charge is 2.26. The number of carbonyl (C=O) groups is 1. The van der Waals surface area contributed by atoms with Crippen LogP contribution in [0.1, 0.15) is 48.7 Å². The second kappa shape index (κ2) is 5.33. The molecule has 0 amide bonds.